The van der Waals surface area contributed by atoms with Gasteiger partial charge in [-0.2, -0.15) is 0 Å². The molecule has 7 heteroatoms. The van der Waals surface area contributed by atoms with Gasteiger partial charge in [0, 0.05) is 23.9 Å². The van der Waals surface area contributed by atoms with Crippen molar-refractivity contribution in [2.45, 2.75) is 69.5 Å². The molecule has 2 saturated carbocycles. The zero-order valence-electron chi connectivity index (χ0n) is 20.0. The van der Waals surface area contributed by atoms with Crippen LogP contribution in [0.3, 0.4) is 0 Å². The number of nitrogens with one attached hydrogen (secondary N) is 1. The fourth-order valence-electron chi connectivity index (χ4n) is 5.72. The summed E-state index contributed by atoms with van der Waals surface area (Å²) in [5.74, 6) is -1.35. The lowest BCUT2D eigenvalue weighted by atomic mass is 9.84. The third-order valence-corrected chi connectivity index (χ3v) is 7.66. The molecule has 0 bridgehead atoms. The number of rotatable bonds is 7. The quantitative estimate of drug-likeness (QED) is 0.611. The van der Waals surface area contributed by atoms with Crippen LogP contribution in [0.4, 0.5) is 4.79 Å². The highest BCUT2D eigenvalue weighted by Crippen LogP contribution is 2.44. The van der Waals surface area contributed by atoms with E-state index in [1.54, 1.807) is 11.8 Å². The van der Waals surface area contributed by atoms with E-state index < -0.39 is 18.1 Å². The summed E-state index contributed by atoms with van der Waals surface area (Å²) in [6.07, 6.45) is 4.07. The van der Waals surface area contributed by atoms with E-state index >= 15 is 0 Å². The Kier molecular flexibility index (Phi) is 6.50. The first-order chi connectivity index (χ1) is 16.9. The topological polar surface area (TPSA) is 95.9 Å². The average Bonchev–Trinajstić information content (AvgIpc) is 3.65. The number of alkyl carbamates (subject to hydrolysis) is 1. The Balaban J connectivity index is 1.19. The van der Waals surface area contributed by atoms with Crippen LogP contribution < -0.4 is 5.32 Å². The van der Waals surface area contributed by atoms with Gasteiger partial charge < -0.3 is 20.1 Å². The first-order valence-electron chi connectivity index (χ1n) is 12.6. The Morgan fingerprint density at radius 1 is 1.00 bits per heavy atom. The van der Waals surface area contributed by atoms with E-state index in [9.17, 15) is 19.5 Å². The second-order valence-corrected chi connectivity index (χ2v) is 10.0. The molecule has 0 heterocycles. The minimum Gasteiger partial charge on any atom is -0.480 e. The molecule has 2 aromatic carbocycles. The molecule has 3 unspecified atom stereocenters. The fourth-order valence-corrected chi connectivity index (χ4v) is 5.72. The maximum Gasteiger partial charge on any atom is 0.407 e. The number of carbonyl (C=O) groups is 3. The smallest absolute Gasteiger partial charge is 0.407 e. The molecular weight excluding hydrogens is 444 g/mol. The van der Waals surface area contributed by atoms with Crippen molar-refractivity contribution in [1.29, 1.82) is 0 Å². The van der Waals surface area contributed by atoms with E-state index in [1.807, 2.05) is 24.3 Å². The van der Waals surface area contributed by atoms with Gasteiger partial charge in [0.05, 0.1) is 0 Å². The van der Waals surface area contributed by atoms with E-state index in [4.69, 9.17) is 4.74 Å². The molecule has 3 aliphatic carbocycles. The lowest BCUT2D eigenvalue weighted by Crippen LogP contribution is -2.49. The predicted molar refractivity (Wildman–Crippen MR) is 131 cm³/mol. The van der Waals surface area contributed by atoms with Crippen LogP contribution in [-0.4, -0.2) is 52.7 Å². The van der Waals surface area contributed by atoms with Crippen LogP contribution in [0.5, 0.6) is 0 Å². The number of fused-ring (bicyclic) bond motifs is 3. The number of carboxylic acids is 1. The van der Waals surface area contributed by atoms with Gasteiger partial charge in [0.1, 0.15) is 12.6 Å². The number of benzene rings is 2. The largest absolute Gasteiger partial charge is 0.480 e. The average molecular weight is 477 g/mol. The number of hydrogen-bond acceptors (Lipinski definition) is 4. The number of carboxylic acid groups (broad SMARTS) is 1. The van der Waals surface area contributed by atoms with Crippen LogP contribution in [0, 0.1) is 5.92 Å². The van der Waals surface area contributed by atoms with Gasteiger partial charge in [0.15, 0.2) is 0 Å². The number of hydrogen-bond donors (Lipinski definition) is 2. The lowest BCUT2D eigenvalue weighted by molar-refractivity contribution is -0.152. The monoisotopic (exact) mass is 476 g/mol. The Bertz CT molecular complexity index is 1080. The van der Waals surface area contributed by atoms with Gasteiger partial charge in [-0.1, -0.05) is 55.0 Å². The molecule has 0 aliphatic heterocycles. The van der Waals surface area contributed by atoms with Crippen LogP contribution in [0.25, 0.3) is 11.1 Å². The van der Waals surface area contributed by atoms with Gasteiger partial charge in [0.2, 0.25) is 5.91 Å². The van der Waals surface area contributed by atoms with Crippen molar-refractivity contribution in [3.63, 3.8) is 0 Å². The molecule has 184 valence electrons. The highest BCUT2D eigenvalue weighted by molar-refractivity contribution is 5.85. The molecule has 3 atom stereocenters. The summed E-state index contributed by atoms with van der Waals surface area (Å²) in [7, 11) is 0. The summed E-state index contributed by atoms with van der Waals surface area (Å²) >= 11 is 0. The van der Waals surface area contributed by atoms with Crippen molar-refractivity contribution >= 4 is 18.0 Å². The molecule has 0 spiro atoms. The second-order valence-electron chi connectivity index (χ2n) is 10.0. The fraction of sp³-hybridized carbons (Fsp3) is 0.464. The molecule has 7 nitrogen and oxygen atoms in total. The third-order valence-electron chi connectivity index (χ3n) is 7.66. The summed E-state index contributed by atoms with van der Waals surface area (Å²) in [6.45, 7) is 1.83. The van der Waals surface area contributed by atoms with E-state index in [1.165, 1.54) is 11.1 Å². The van der Waals surface area contributed by atoms with Crippen molar-refractivity contribution in [2.24, 2.45) is 5.92 Å². The van der Waals surface area contributed by atoms with Gasteiger partial charge in [0.25, 0.3) is 0 Å². The molecule has 35 heavy (non-hydrogen) atoms. The molecule has 5 rings (SSSR count). The zero-order chi connectivity index (χ0) is 24.5. The minimum atomic E-state index is -0.977. The van der Waals surface area contributed by atoms with Crippen molar-refractivity contribution in [3.8, 4) is 11.1 Å². The normalized spacial score (nSPS) is 22.0. The molecule has 0 saturated heterocycles. The molecule has 2 aromatic rings. The van der Waals surface area contributed by atoms with Crippen molar-refractivity contribution in [3.05, 3.63) is 59.7 Å². The van der Waals surface area contributed by atoms with Gasteiger partial charge >= 0.3 is 12.1 Å². The van der Waals surface area contributed by atoms with Crippen LogP contribution in [-0.2, 0) is 14.3 Å². The maximum absolute atomic E-state index is 13.2. The van der Waals surface area contributed by atoms with E-state index in [2.05, 4.69) is 29.6 Å². The van der Waals surface area contributed by atoms with Gasteiger partial charge in [-0.25, -0.2) is 9.59 Å². The van der Waals surface area contributed by atoms with Crippen LogP contribution >= 0.6 is 0 Å². The van der Waals surface area contributed by atoms with E-state index in [0.717, 1.165) is 43.2 Å². The Hall–Kier alpha value is -3.35. The molecule has 2 N–H and O–H groups in total. The lowest BCUT2D eigenvalue weighted by Gasteiger charge is -2.34. The molecule has 0 aromatic heterocycles. The highest BCUT2D eigenvalue weighted by Gasteiger charge is 2.42. The summed E-state index contributed by atoms with van der Waals surface area (Å²) < 4.78 is 5.68. The maximum atomic E-state index is 13.2. The zero-order valence-corrected chi connectivity index (χ0v) is 20.0. The first kappa shape index (κ1) is 23.4. The summed E-state index contributed by atoms with van der Waals surface area (Å²) in [4.78, 5) is 39.0. The number of aliphatic carboxylic acids is 1. The second kappa shape index (κ2) is 9.72. The number of carbonyl (C=O) groups excluding carboxylic acids is 2. The predicted octanol–water partition coefficient (Wildman–Crippen LogP) is 4.55. The van der Waals surface area contributed by atoms with Crippen LogP contribution in [0.15, 0.2) is 48.5 Å². The molecule has 3 aliphatic rings. The molecular formula is C28H32N2O5. The standard InChI is InChI=1S/C28H32N2O5/c1-17(27(32)33)30(20-13-14-20)26(31)18-7-6-8-19(15-18)29-28(34)35-16-25-23-11-4-2-9-21(23)22-10-3-5-12-24(22)25/h2-5,9-12,17-20,25H,6-8,13-16H2,1H3,(H,29,34)(H,32,33). The van der Waals surface area contributed by atoms with Gasteiger partial charge in [-0.05, 0) is 61.3 Å². The van der Waals surface area contributed by atoms with E-state index in [0.29, 0.717) is 6.42 Å². The summed E-state index contributed by atoms with van der Waals surface area (Å²) in [5, 5.41) is 12.4. The third kappa shape index (κ3) is 4.77. The van der Waals surface area contributed by atoms with Crippen molar-refractivity contribution < 1.29 is 24.2 Å². The summed E-state index contributed by atoms with van der Waals surface area (Å²) in [5.41, 5.74) is 4.69. The number of ether oxygens (including phenoxy) is 1. The number of nitrogens with zero attached hydrogens (tertiary/aromatic N) is 1. The van der Waals surface area contributed by atoms with Gasteiger partial charge in [-0.3, -0.25) is 4.79 Å². The van der Waals surface area contributed by atoms with E-state index in [-0.39, 0.29) is 36.4 Å². The van der Waals surface area contributed by atoms with Gasteiger partial charge in [-0.15, -0.1) is 0 Å². The molecule has 2 fully saturated rings. The SMILES string of the molecule is CC(C(=O)O)N(C(=O)C1CCCC(NC(=O)OCC2c3ccccc3-c3ccccc32)C1)C1CC1. The Morgan fingerprint density at radius 2 is 1.63 bits per heavy atom. The number of amides is 2. The van der Waals surface area contributed by atoms with Crippen LogP contribution in [0.2, 0.25) is 0 Å². The minimum absolute atomic E-state index is 0.00145. The Labute approximate surface area is 205 Å². The highest BCUT2D eigenvalue weighted by atomic mass is 16.5. The Morgan fingerprint density at radius 3 is 2.23 bits per heavy atom. The van der Waals surface area contributed by atoms with Crippen LogP contribution in [0.1, 0.15) is 62.5 Å². The first-order valence-corrected chi connectivity index (χ1v) is 12.6. The summed E-state index contributed by atoms with van der Waals surface area (Å²) in [6, 6.07) is 15.5. The molecule has 0 radical (unpaired) electrons. The van der Waals surface area contributed by atoms with Crippen molar-refractivity contribution in [2.75, 3.05) is 6.61 Å². The van der Waals surface area contributed by atoms with Crippen molar-refractivity contribution in [1.82, 2.24) is 10.2 Å². The molecule has 2 amide bonds.